The Morgan fingerprint density at radius 3 is 2.15 bits per heavy atom. The summed E-state index contributed by atoms with van der Waals surface area (Å²) in [7, 11) is -3.29. The zero-order valence-electron chi connectivity index (χ0n) is 19.1. The van der Waals surface area contributed by atoms with E-state index in [4.69, 9.17) is 0 Å². The molecular weight excluding hydrogens is 457 g/mol. The van der Waals surface area contributed by atoms with Gasteiger partial charge in [0, 0.05) is 11.9 Å². The summed E-state index contributed by atoms with van der Waals surface area (Å²) >= 11 is 0. The number of sulfone groups is 1. The van der Waals surface area contributed by atoms with Gasteiger partial charge in [-0.05, 0) is 67.4 Å². The minimum absolute atomic E-state index is 0.0131. The Morgan fingerprint density at radius 1 is 0.941 bits per heavy atom. The number of aromatic nitrogens is 1. The Hall–Kier alpha value is -3.59. The van der Waals surface area contributed by atoms with E-state index in [2.05, 4.69) is 15.6 Å². The van der Waals surface area contributed by atoms with E-state index in [1.807, 2.05) is 0 Å². The van der Waals surface area contributed by atoms with Crippen molar-refractivity contribution >= 4 is 33.2 Å². The first kappa shape index (κ1) is 25.0. The van der Waals surface area contributed by atoms with Crippen molar-refractivity contribution in [2.24, 2.45) is 0 Å². The van der Waals surface area contributed by atoms with E-state index in [9.17, 15) is 22.4 Å². The normalized spacial score (nSPS) is 11.6. The minimum Gasteiger partial charge on any atom is -0.325 e. The van der Waals surface area contributed by atoms with E-state index in [0.717, 1.165) is 0 Å². The summed E-state index contributed by atoms with van der Waals surface area (Å²) in [5.74, 6) is -0.640. The summed E-state index contributed by atoms with van der Waals surface area (Å²) in [6.45, 7) is 5.06. The Kier molecular flexibility index (Phi) is 7.46. The predicted molar refractivity (Wildman–Crippen MR) is 129 cm³/mol. The van der Waals surface area contributed by atoms with Gasteiger partial charge in [0.2, 0.25) is 11.8 Å². The molecule has 0 radical (unpaired) electrons. The van der Waals surface area contributed by atoms with Gasteiger partial charge in [-0.25, -0.2) is 17.8 Å². The van der Waals surface area contributed by atoms with E-state index in [1.165, 1.54) is 42.6 Å². The number of nitrogens with zero attached hydrogens (tertiary/aromatic N) is 1. The van der Waals surface area contributed by atoms with E-state index in [1.54, 1.807) is 45.0 Å². The number of halogens is 1. The molecule has 3 aromatic rings. The Labute approximate surface area is 198 Å². The highest BCUT2D eigenvalue weighted by Gasteiger charge is 2.30. The number of carbonyl (C=O) groups excluding carboxylic acids is 2. The molecule has 1 heterocycles. The van der Waals surface area contributed by atoms with Crippen molar-refractivity contribution in [1.29, 1.82) is 0 Å². The molecule has 2 N–H and O–H groups in total. The molecule has 0 saturated heterocycles. The largest absolute Gasteiger partial charge is 0.325 e. The highest BCUT2D eigenvalue weighted by Crippen LogP contribution is 2.25. The third-order valence-electron chi connectivity index (χ3n) is 5.45. The van der Waals surface area contributed by atoms with Crippen LogP contribution in [0.5, 0.6) is 0 Å². The van der Waals surface area contributed by atoms with Crippen molar-refractivity contribution in [1.82, 2.24) is 4.98 Å². The predicted octanol–water partition coefficient (Wildman–Crippen LogP) is 4.11. The van der Waals surface area contributed by atoms with Crippen molar-refractivity contribution in [2.45, 2.75) is 37.5 Å². The Balaban J connectivity index is 1.61. The van der Waals surface area contributed by atoms with Gasteiger partial charge in [0.25, 0.3) is 0 Å². The smallest absolute Gasteiger partial charge is 0.234 e. The fourth-order valence-electron chi connectivity index (χ4n) is 3.14. The summed E-state index contributed by atoms with van der Waals surface area (Å²) in [5, 5.41) is 5.45. The van der Waals surface area contributed by atoms with Crippen molar-refractivity contribution < 1.29 is 22.4 Å². The number of nitrogens with one attached hydrogen (secondary N) is 2. The molecule has 0 fully saturated rings. The highest BCUT2D eigenvalue weighted by atomic mass is 32.2. The highest BCUT2D eigenvalue weighted by molar-refractivity contribution is 7.91. The lowest BCUT2D eigenvalue weighted by Crippen LogP contribution is -2.34. The zero-order chi connectivity index (χ0) is 24.9. The second-order valence-corrected chi connectivity index (χ2v) is 10.6. The summed E-state index contributed by atoms with van der Waals surface area (Å²) in [6.07, 6.45) is 1.58. The van der Waals surface area contributed by atoms with Gasteiger partial charge in [-0.3, -0.25) is 9.59 Å². The van der Waals surface area contributed by atoms with Gasteiger partial charge >= 0.3 is 0 Å². The summed E-state index contributed by atoms with van der Waals surface area (Å²) in [6, 6.07) is 15.0. The van der Waals surface area contributed by atoms with Crippen LogP contribution < -0.4 is 10.6 Å². The zero-order valence-corrected chi connectivity index (χ0v) is 19.9. The van der Waals surface area contributed by atoms with Crippen LogP contribution in [0.4, 0.5) is 15.9 Å². The van der Waals surface area contributed by atoms with Crippen molar-refractivity contribution in [3.8, 4) is 0 Å². The molecule has 0 unspecified atom stereocenters. The van der Waals surface area contributed by atoms with Gasteiger partial charge in [0.05, 0.1) is 22.5 Å². The second kappa shape index (κ2) is 10.1. The van der Waals surface area contributed by atoms with Gasteiger partial charge in [0.15, 0.2) is 9.84 Å². The lowest BCUT2D eigenvalue weighted by molar-refractivity contribution is -0.120. The molecule has 2 amide bonds. The first-order valence-electron chi connectivity index (χ1n) is 10.7. The maximum absolute atomic E-state index is 13.1. The molecule has 7 nitrogen and oxygen atoms in total. The summed E-state index contributed by atoms with van der Waals surface area (Å²) in [5.41, 5.74) is 0.863. The number of carbonyl (C=O) groups is 2. The number of benzene rings is 2. The van der Waals surface area contributed by atoms with E-state index >= 15 is 0 Å². The Bertz CT molecular complexity index is 1270. The first-order valence-corrected chi connectivity index (χ1v) is 12.3. The molecule has 0 aliphatic heterocycles. The first-order chi connectivity index (χ1) is 16.0. The number of amides is 2. The van der Waals surface area contributed by atoms with Crippen molar-refractivity contribution in [3.05, 3.63) is 83.8 Å². The molecule has 0 saturated carbocycles. The third kappa shape index (κ3) is 6.05. The van der Waals surface area contributed by atoms with Crippen molar-refractivity contribution in [2.75, 3.05) is 16.4 Å². The number of hydrogen-bond donors (Lipinski definition) is 2. The molecular formula is C25H26FN3O4S. The van der Waals surface area contributed by atoms with E-state index in [-0.39, 0.29) is 34.7 Å². The molecule has 9 heteroatoms. The molecule has 0 spiro atoms. The van der Waals surface area contributed by atoms with Crippen LogP contribution in [-0.2, 0) is 31.3 Å². The SMILES string of the molecule is CCS(=O)(=O)c1ccc(CC(=O)Nc2ccc(C(C)(C)C(=O)Nc3ccc(F)cc3)cn2)cc1. The lowest BCUT2D eigenvalue weighted by Gasteiger charge is -2.24. The van der Waals surface area contributed by atoms with Gasteiger partial charge in [-0.15, -0.1) is 0 Å². The second-order valence-electron chi connectivity index (χ2n) is 8.29. The van der Waals surface area contributed by atoms with Crippen LogP contribution in [-0.4, -0.2) is 31.0 Å². The standard InChI is InChI=1S/C25H26FN3O4S/c1-4-34(32,33)21-12-5-17(6-13-21)15-23(30)29-22-14-7-18(16-27-22)25(2,3)24(31)28-20-10-8-19(26)9-11-20/h5-14,16H,4,15H2,1-3H3,(H,28,31)(H,27,29,30). The maximum atomic E-state index is 13.1. The van der Waals surface area contributed by atoms with Gasteiger partial charge in [-0.2, -0.15) is 0 Å². The number of anilines is 2. The van der Waals surface area contributed by atoms with Crippen LogP contribution in [0.2, 0.25) is 0 Å². The van der Waals surface area contributed by atoms with Crippen LogP contribution >= 0.6 is 0 Å². The van der Waals surface area contributed by atoms with Crippen molar-refractivity contribution in [3.63, 3.8) is 0 Å². The maximum Gasteiger partial charge on any atom is 0.234 e. The molecule has 0 atom stereocenters. The molecule has 2 aromatic carbocycles. The van der Waals surface area contributed by atoms with Gasteiger partial charge in [-0.1, -0.05) is 25.1 Å². The van der Waals surface area contributed by atoms with Crippen LogP contribution in [0.15, 0.2) is 71.8 Å². The minimum atomic E-state index is -3.29. The van der Waals surface area contributed by atoms with E-state index < -0.39 is 15.3 Å². The van der Waals surface area contributed by atoms with Crippen LogP contribution in [0.3, 0.4) is 0 Å². The quantitative estimate of drug-likeness (QED) is 0.502. The third-order valence-corrected chi connectivity index (χ3v) is 7.20. The van der Waals surface area contributed by atoms with Crippen LogP contribution in [0.25, 0.3) is 0 Å². The number of rotatable bonds is 8. The average molecular weight is 484 g/mol. The molecule has 3 rings (SSSR count). The number of pyridine rings is 1. The van der Waals surface area contributed by atoms with Crippen LogP contribution in [0, 0.1) is 5.82 Å². The fourth-order valence-corrected chi connectivity index (χ4v) is 4.03. The van der Waals surface area contributed by atoms with Crippen LogP contribution in [0.1, 0.15) is 31.9 Å². The summed E-state index contributed by atoms with van der Waals surface area (Å²) < 4.78 is 36.9. The number of hydrogen-bond acceptors (Lipinski definition) is 5. The molecule has 178 valence electrons. The molecule has 1 aromatic heterocycles. The summed E-state index contributed by atoms with van der Waals surface area (Å²) in [4.78, 5) is 29.6. The van der Waals surface area contributed by atoms with Gasteiger partial charge in [0.1, 0.15) is 11.6 Å². The molecule has 0 aliphatic rings. The topological polar surface area (TPSA) is 105 Å². The lowest BCUT2D eigenvalue weighted by atomic mass is 9.84. The molecule has 0 aliphatic carbocycles. The van der Waals surface area contributed by atoms with E-state index in [0.29, 0.717) is 22.6 Å². The molecule has 0 bridgehead atoms. The Morgan fingerprint density at radius 2 is 1.59 bits per heavy atom. The molecule has 34 heavy (non-hydrogen) atoms. The monoisotopic (exact) mass is 483 g/mol. The van der Waals surface area contributed by atoms with Gasteiger partial charge < -0.3 is 10.6 Å². The fraction of sp³-hybridized carbons (Fsp3) is 0.240. The average Bonchev–Trinajstić information content (AvgIpc) is 2.81.